The number of Topliss-reactive ketones (excluding diaryl/α,β-unsaturated/α-hetero) is 1. The van der Waals surface area contributed by atoms with Crippen molar-refractivity contribution in [3.8, 4) is 23.0 Å². The molecule has 0 aliphatic rings. The second-order valence-electron chi connectivity index (χ2n) is 9.76. The minimum Gasteiger partial charge on any atom is -0.497 e. The third kappa shape index (κ3) is 6.57. The zero-order chi connectivity index (χ0) is 28.1. The standard InChI is InChI=1S/C31H34N2O5S/c1-18(2)37-29-16-21(15-28(36-7)31(29)38-19(3)4)14-25(30(34)22-8-11-24(35-6)12-9-22)20(5)23-10-13-26-27(17-23)33-39-32-26/h8-13,15-19H,14H2,1-7H3. The first-order valence-corrected chi connectivity index (χ1v) is 13.6. The van der Waals surface area contributed by atoms with Gasteiger partial charge >= 0.3 is 0 Å². The van der Waals surface area contributed by atoms with Crippen molar-refractivity contribution in [3.63, 3.8) is 0 Å². The number of ether oxygens (including phenoxy) is 4. The number of nitrogens with zero attached hydrogens (tertiary/aromatic N) is 2. The van der Waals surface area contributed by atoms with E-state index >= 15 is 0 Å². The molecule has 4 rings (SSSR count). The topological polar surface area (TPSA) is 79.8 Å². The number of hydrogen-bond acceptors (Lipinski definition) is 8. The van der Waals surface area contributed by atoms with E-state index in [1.807, 2.05) is 65.0 Å². The van der Waals surface area contributed by atoms with E-state index in [4.69, 9.17) is 18.9 Å². The number of carbonyl (C=O) groups excluding carboxylic acids is 1. The van der Waals surface area contributed by atoms with Gasteiger partial charge in [0.15, 0.2) is 17.3 Å². The van der Waals surface area contributed by atoms with Crippen molar-refractivity contribution < 1.29 is 23.7 Å². The van der Waals surface area contributed by atoms with Crippen LogP contribution in [-0.2, 0) is 6.42 Å². The van der Waals surface area contributed by atoms with Crippen molar-refractivity contribution in [2.24, 2.45) is 0 Å². The van der Waals surface area contributed by atoms with E-state index in [9.17, 15) is 4.79 Å². The van der Waals surface area contributed by atoms with Crippen LogP contribution in [0.4, 0.5) is 0 Å². The van der Waals surface area contributed by atoms with Gasteiger partial charge in [-0.25, -0.2) is 0 Å². The second kappa shape index (κ2) is 12.3. The van der Waals surface area contributed by atoms with E-state index in [-0.39, 0.29) is 18.0 Å². The lowest BCUT2D eigenvalue weighted by atomic mass is 9.90. The minimum absolute atomic E-state index is 0.0660. The maximum atomic E-state index is 14.0. The summed E-state index contributed by atoms with van der Waals surface area (Å²) in [5, 5.41) is 0. The third-order valence-corrected chi connectivity index (χ3v) is 6.72. The fourth-order valence-electron chi connectivity index (χ4n) is 4.27. The van der Waals surface area contributed by atoms with Crippen LogP contribution in [0.1, 0.15) is 56.1 Å². The van der Waals surface area contributed by atoms with E-state index in [0.717, 1.165) is 27.7 Å². The molecule has 4 aromatic rings. The predicted molar refractivity (Wildman–Crippen MR) is 156 cm³/mol. The summed E-state index contributed by atoms with van der Waals surface area (Å²) in [6.45, 7) is 9.81. The number of benzene rings is 3. The highest BCUT2D eigenvalue weighted by Gasteiger charge is 2.22. The highest BCUT2D eigenvalue weighted by Crippen LogP contribution is 2.41. The van der Waals surface area contributed by atoms with Crippen molar-refractivity contribution in [3.05, 3.63) is 76.9 Å². The first-order chi connectivity index (χ1) is 18.7. The average Bonchev–Trinajstić information content (AvgIpc) is 3.39. The van der Waals surface area contributed by atoms with Crippen molar-refractivity contribution in [2.75, 3.05) is 14.2 Å². The third-order valence-electron chi connectivity index (χ3n) is 6.16. The van der Waals surface area contributed by atoms with Gasteiger partial charge in [-0.15, -0.1) is 0 Å². The number of rotatable bonds is 11. The molecule has 3 aromatic carbocycles. The molecule has 1 aromatic heterocycles. The number of fused-ring (bicyclic) bond motifs is 1. The summed E-state index contributed by atoms with van der Waals surface area (Å²) in [7, 11) is 3.21. The van der Waals surface area contributed by atoms with Crippen LogP contribution >= 0.6 is 11.7 Å². The SMILES string of the molecule is COc1ccc(C(=O)C(Cc2cc(OC)c(OC(C)C)c(OC(C)C)c2)=C(C)c2ccc3nsnc3c2)cc1. The lowest BCUT2D eigenvalue weighted by molar-refractivity contribution is 0.103. The van der Waals surface area contributed by atoms with Gasteiger partial charge in [-0.05, 0) is 99.8 Å². The van der Waals surface area contributed by atoms with Gasteiger partial charge in [0.25, 0.3) is 0 Å². The molecule has 0 N–H and O–H groups in total. The number of carbonyl (C=O) groups is 1. The Labute approximate surface area is 233 Å². The van der Waals surface area contributed by atoms with Gasteiger partial charge < -0.3 is 18.9 Å². The summed E-state index contributed by atoms with van der Waals surface area (Å²) in [5.74, 6) is 2.31. The zero-order valence-electron chi connectivity index (χ0n) is 23.4. The van der Waals surface area contributed by atoms with Crippen molar-refractivity contribution in [1.82, 2.24) is 8.75 Å². The fraction of sp³-hybridized carbons (Fsp3) is 0.323. The normalized spacial score (nSPS) is 12.0. The molecule has 0 radical (unpaired) electrons. The maximum Gasteiger partial charge on any atom is 0.203 e. The van der Waals surface area contributed by atoms with Gasteiger partial charge in [-0.3, -0.25) is 4.79 Å². The molecule has 0 fully saturated rings. The van der Waals surface area contributed by atoms with E-state index in [2.05, 4.69) is 8.75 Å². The molecule has 39 heavy (non-hydrogen) atoms. The van der Waals surface area contributed by atoms with E-state index in [1.165, 1.54) is 11.7 Å². The Morgan fingerprint density at radius 3 is 2.08 bits per heavy atom. The van der Waals surface area contributed by atoms with Crippen LogP contribution < -0.4 is 18.9 Å². The monoisotopic (exact) mass is 546 g/mol. The van der Waals surface area contributed by atoms with Gasteiger partial charge in [-0.1, -0.05) is 6.07 Å². The summed E-state index contributed by atoms with van der Waals surface area (Å²) < 4.78 is 31.9. The second-order valence-corrected chi connectivity index (χ2v) is 10.3. The lowest BCUT2D eigenvalue weighted by Gasteiger charge is -2.21. The molecular formula is C31H34N2O5S. The molecule has 0 atom stereocenters. The Morgan fingerprint density at radius 1 is 0.795 bits per heavy atom. The molecular weight excluding hydrogens is 512 g/mol. The molecule has 7 nitrogen and oxygen atoms in total. The predicted octanol–water partition coefficient (Wildman–Crippen LogP) is 7.18. The number of hydrogen-bond donors (Lipinski definition) is 0. The molecule has 0 bridgehead atoms. The fourth-order valence-corrected chi connectivity index (χ4v) is 4.79. The average molecular weight is 547 g/mol. The first kappa shape index (κ1) is 28.1. The first-order valence-electron chi connectivity index (χ1n) is 12.9. The molecule has 0 saturated carbocycles. The maximum absolute atomic E-state index is 14.0. The zero-order valence-corrected chi connectivity index (χ0v) is 24.2. The molecule has 204 valence electrons. The molecule has 0 spiro atoms. The summed E-state index contributed by atoms with van der Waals surface area (Å²) in [4.78, 5) is 14.0. The van der Waals surface area contributed by atoms with Crippen LogP contribution in [0.25, 0.3) is 16.6 Å². The summed E-state index contributed by atoms with van der Waals surface area (Å²) in [6, 6.07) is 16.9. The Kier molecular flexibility index (Phi) is 8.86. The van der Waals surface area contributed by atoms with Crippen molar-refractivity contribution >= 4 is 34.1 Å². The number of methoxy groups -OCH3 is 2. The number of allylic oxidation sites excluding steroid dienone is 2. The molecule has 0 unspecified atom stereocenters. The van der Waals surface area contributed by atoms with Gasteiger partial charge in [0.1, 0.15) is 16.8 Å². The molecule has 0 saturated heterocycles. The lowest BCUT2D eigenvalue weighted by Crippen LogP contribution is -2.13. The quantitative estimate of drug-likeness (QED) is 0.146. The highest BCUT2D eigenvalue weighted by atomic mass is 32.1. The Balaban J connectivity index is 1.84. The van der Waals surface area contributed by atoms with Crippen LogP contribution in [0.15, 0.2) is 60.2 Å². The smallest absolute Gasteiger partial charge is 0.203 e. The summed E-state index contributed by atoms with van der Waals surface area (Å²) in [5.41, 5.74) is 5.50. The summed E-state index contributed by atoms with van der Waals surface area (Å²) >= 11 is 1.17. The van der Waals surface area contributed by atoms with Gasteiger partial charge in [-0.2, -0.15) is 8.75 Å². The molecule has 1 heterocycles. The number of aromatic nitrogens is 2. The molecule has 0 aliphatic carbocycles. The Morgan fingerprint density at radius 2 is 1.44 bits per heavy atom. The van der Waals surface area contributed by atoms with Crippen molar-refractivity contribution in [1.29, 1.82) is 0 Å². The molecule has 8 heteroatoms. The van der Waals surface area contributed by atoms with Crippen LogP contribution in [-0.4, -0.2) is 41.0 Å². The highest BCUT2D eigenvalue weighted by molar-refractivity contribution is 7.00. The van der Waals surface area contributed by atoms with E-state index < -0.39 is 0 Å². The van der Waals surface area contributed by atoms with Crippen LogP contribution in [0.5, 0.6) is 23.0 Å². The molecule has 0 aliphatic heterocycles. The summed E-state index contributed by atoms with van der Waals surface area (Å²) in [6.07, 6.45) is 0.218. The van der Waals surface area contributed by atoms with Crippen LogP contribution in [0, 0.1) is 0 Å². The van der Waals surface area contributed by atoms with Gasteiger partial charge in [0.2, 0.25) is 5.75 Å². The van der Waals surface area contributed by atoms with E-state index in [1.54, 1.807) is 38.5 Å². The molecule has 0 amide bonds. The van der Waals surface area contributed by atoms with E-state index in [0.29, 0.717) is 40.6 Å². The van der Waals surface area contributed by atoms with Crippen LogP contribution in [0.3, 0.4) is 0 Å². The Bertz CT molecular complexity index is 1490. The van der Waals surface area contributed by atoms with Gasteiger partial charge in [0.05, 0.1) is 38.2 Å². The minimum atomic E-state index is -0.0735. The van der Waals surface area contributed by atoms with Gasteiger partial charge in [0, 0.05) is 17.6 Å². The largest absolute Gasteiger partial charge is 0.497 e. The van der Waals surface area contributed by atoms with Crippen molar-refractivity contribution in [2.45, 2.75) is 53.2 Å². The van der Waals surface area contributed by atoms with Crippen LogP contribution in [0.2, 0.25) is 0 Å². The Hall–Kier alpha value is -3.91. The number of ketones is 1.